The normalized spacial score (nSPS) is 10.5. The highest BCUT2D eigenvalue weighted by atomic mass is 16.6. The average molecular weight is 469 g/mol. The number of ether oxygens (including phenoxy) is 2. The van der Waals surface area contributed by atoms with E-state index in [2.05, 4.69) is 9.47 Å². The fourth-order valence-corrected chi connectivity index (χ4v) is 3.12. The van der Waals surface area contributed by atoms with Crippen molar-refractivity contribution < 1.29 is 38.2 Å². The van der Waals surface area contributed by atoms with Crippen LogP contribution in [0.2, 0.25) is 0 Å². The number of esters is 4. The lowest BCUT2D eigenvalue weighted by molar-refractivity contribution is -0.165. The summed E-state index contributed by atoms with van der Waals surface area (Å²) in [6, 6.07) is 0. The topological polar surface area (TPSA) is 121 Å². The van der Waals surface area contributed by atoms with Crippen molar-refractivity contribution in [1.82, 2.24) is 0 Å². The van der Waals surface area contributed by atoms with Crippen LogP contribution in [0.15, 0.2) is 0 Å². The van der Waals surface area contributed by atoms with Gasteiger partial charge in [0.25, 0.3) is 0 Å². The number of Topliss-reactive ketones (excluding diaryl/α,β-unsaturated/α-hetero) is 2. The lowest BCUT2D eigenvalue weighted by Gasteiger charge is -2.04. The molecule has 0 aliphatic heterocycles. The molecule has 0 aromatic heterocycles. The minimum Gasteiger partial charge on any atom is -0.387 e. The Hall–Kier alpha value is -2.38. The summed E-state index contributed by atoms with van der Waals surface area (Å²) in [7, 11) is 0. The number of carbonyl (C=O) groups excluding carboxylic acids is 6. The molecule has 0 heterocycles. The Morgan fingerprint density at radius 2 is 0.727 bits per heavy atom. The van der Waals surface area contributed by atoms with E-state index in [1.807, 2.05) is 13.8 Å². The number of carbonyl (C=O) groups is 6. The van der Waals surface area contributed by atoms with E-state index in [0.717, 1.165) is 44.9 Å². The predicted octanol–water partition coefficient (Wildman–Crippen LogP) is 4.94. The van der Waals surface area contributed by atoms with Gasteiger partial charge < -0.3 is 9.47 Å². The fraction of sp³-hybridized carbons (Fsp3) is 0.760. The Morgan fingerprint density at radius 3 is 1.09 bits per heavy atom. The average Bonchev–Trinajstić information content (AvgIpc) is 2.78. The smallest absolute Gasteiger partial charge is 0.382 e. The molecular weight excluding hydrogens is 428 g/mol. The Bertz CT molecular complexity index is 584. The third-order valence-corrected chi connectivity index (χ3v) is 5.14. The predicted molar refractivity (Wildman–Crippen MR) is 122 cm³/mol. The van der Waals surface area contributed by atoms with Gasteiger partial charge in [-0.05, 0) is 25.7 Å². The molecule has 0 N–H and O–H groups in total. The number of hydrogen-bond donors (Lipinski definition) is 0. The number of rotatable bonds is 20. The molecule has 0 atom stereocenters. The van der Waals surface area contributed by atoms with Gasteiger partial charge in [-0.1, -0.05) is 71.6 Å². The molecule has 0 aliphatic rings. The van der Waals surface area contributed by atoms with Crippen molar-refractivity contribution in [2.75, 3.05) is 0 Å². The summed E-state index contributed by atoms with van der Waals surface area (Å²) >= 11 is 0. The monoisotopic (exact) mass is 468 g/mol. The summed E-state index contributed by atoms with van der Waals surface area (Å²) in [4.78, 5) is 69.7. The standard InChI is InChI=1S/C25H40O8/c1-3-5-7-12-16-20(26)24(30)32-22(28)18-14-10-9-11-15-19-23(29)33-25(31)21(27)17-13-8-6-4-2/h3-19H2,1-2H3. The van der Waals surface area contributed by atoms with Crippen molar-refractivity contribution in [3.05, 3.63) is 0 Å². The van der Waals surface area contributed by atoms with Gasteiger partial charge in [-0.2, -0.15) is 0 Å². The quantitative estimate of drug-likeness (QED) is 0.107. The molecule has 0 aliphatic carbocycles. The van der Waals surface area contributed by atoms with Crippen molar-refractivity contribution in [1.29, 1.82) is 0 Å². The summed E-state index contributed by atoms with van der Waals surface area (Å²) in [6.07, 6.45) is 10.5. The SMILES string of the molecule is CCCCCCC(=O)C(=O)OC(=O)CCCCCCCC(=O)OC(=O)C(=O)CCCCCC. The second kappa shape index (κ2) is 20.2. The van der Waals surface area contributed by atoms with Crippen molar-refractivity contribution in [3.63, 3.8) is 0 Å². The third-order valence-electron chi connectivity index (χ3n) is 5.14. The first-order valence-corrected chi connectivity index (χ1v) is 12.4. The van der Waals surface area contributed by atoms with Gasteiger partial charge >= 0.3 is 23.9 Å². The van der Waals surface area contributed by atoms with E-state index in [9.17, 15) is 28.8 Å². The molecule has 33 heavy (non-hydrogen) atoms. The number of hydrogen-bond acceptors (Lipinski definition) is 8. The summed E-state index contributed by atoms with van der Waals surface area (Å²) in [5.74, 6) is -4.90. The molecule has 0 bridgehead atoms. The van der Waals surface area contributed by atoms with Crippen LogP contribution >= 0.6 is 0 Å². The van der Waals surface area contributed by atoms with Crippen LogP contribution in [0.1, 0.15) is 123 Å². The molecule has 0 fully saturated rings. The lowest BCUT2D eigenvalue weighted by atomic mass is 10.1. The molecule has 0 unspecified atom stereocenters. The van der Waals surface area contributed by atoms with Crippen molar-refractivity contribution in [3.8, 4) is 0 Å². The first kappa shape index (κ1) is 30.6. The molecule has 8 nitrogen and oxygen atoms in total. The van der Waals surface area contributed by atoms with Gasteiger partial charge in [0.1, 0.15) is 0 Å². The molecule has 0 radical (unpaired) electrons. The Morgan fingerprint density at radius 1 is 0.424 bits per heavy atom. The van der Waals surface area contributed by atoms with Gasteiger partial charge in [-0.15, -0.1) is 0 Å². The van der Waals surface area contributed by atoms with Gasteiger partial charge in [0.15, 0.2) is 0 Å². The molecule has 0 aromatic rings. The molecule has 0 saturated carbocycles. The van der Waals surface area contributed by atoms with Crippen molar-refractivity contribution >= 4 is 35.4 Å². The van der Waals surface area contributed by atoms with Crippen molar-refractivity contribution in [2.24, 2.45) is 0 Å². The molecule has 0 rings (SSSR count). The Kier molecular flexibility index (Phi) is 18.8. The highest BCUT2D eigenvalue weighted by molar-refractivity contribution is 6.35. The number of unbranched alkanes of at least 4 members (excludes halogenated alkanes) is 10. The second-order valence-electron chi connectivity index (χ2n) is 8.26. The molecule has 0 aromatic carbocycles. The van der Waals surface area contributed by atoms with Crippen LogP contribution in [-0.4, -0.2) is 35.4 Å². The first-order valence-electron chi connectivity index (χ1n) is 12.4. The molecule has 0 amide bonds. The van der Waals surface area contributed by atoms with E-state index in [1.54, 1.807) is 0 Å². The first-order chi connectivity index (χ1) is 15.8. The van der Waals surface area contributed by atoms with E-state index in [1.165, 1.54) is 0 Å². The largest absolute Gasteiger partial charge is 0.387 e. The van der Waals surface area contributed by atoms with Crippen LogP contribution in [0.3, 0.4) is 0 Å². The molecule has 0 spiro atoms. The summed E-state index contributed by atoms with van der Waals surface area (Å²) in [5, 5.41) is 0. The zero-order valence-corrected chi connectivity index (χ0v) is 20.3. The van der Waals surface area contributed by atoms with Gasteiger partial charge in [-0.3, -0.25) is 19.2 Å². The molecule has 188 valence electrons. The minimum absolute atomic E-state index is 0.0474. The van der Waals surface area contributed by atoms with E-state index in [-0.39, 0.29) is 25.7 Å². The van der Waals surface area contributed by atoms with Crippen LogP contribution in [0, 0.1) is 0 Å². The van der Waals surface area contributed by atoms with E-state index < -0.39 is 35.4 Å². The molecule has 0 saturated heterocycles. The number of ketones is 2. The van der Waals surface area contributed by atoms with Crippen LogP contribution < -0.4 is 0 Å². The minimum atomic E-state index is -1.08. The van der Waals surface area contributed by atoms with Crippen LogP contribution in [-0.2, 0) is 38.2 Å². The van der Waals surface area contributed by atoms with Gasteiger partial charge in [-0.25, -0.2) is 9.59 Å². The fourth-order valence-electron chi connectivity index (χ4n) is 3.12. The third kappa shape index (κ3) is 17.8. The van der Waals surface area contributed by atoms with Crippen LogP contribution in [0.25, 0.3) is 0 Å². The Balaban J connectivity index is 3.75. The Labute approximate surface area is 197 Å². The second-order valence-corrected chi connectivity index (χ2v) is 8.26. The van der Waals surface area contributed by atoms with Crippen LogP contribution in [0.4, 0.5) is 0 Å². The summed E-state index contributed by atoms with van der Waals surface area (Å²) in [5.41, 5.74) is 0. The summed E-state index contributed by atoms with van der Waals surface area (Å²) < 4.78 is 9.15. The van der Waals surface area contributed by atoms with Gasteiger partial charge in [0.05, 0.1) is 0 Å². The van der Waals surface area contributed by atoms with Crippen LogP contribution in [0.5, 0.6) is 0 Å². The zero-order valence-electron chi connectivity index (χ0n) is 20.3. The maximum absolute atomic E-state index is 11.7. The van der Waals surface area contributed by atoms with Gasteiger partial charge in [0.2, 0.25) is 11.6 Å². The maximum Gasteiger partial charge on any atom is 0.382 e. The lowest BCUT2D eigenvalue weighted by Crippen LogP contribution is -2.21. The summed E-state index contributed by atoms with van der Waals surface area (Å²) in [6.45, 7) is 4.10. The van der Waals surface area contributed by atoms with E-state index in [4.69, 9.17) is 0 Å². The molecule has 8 heteroatoms. The molecular formula is C25H40O8. The van der Waals surface area contributed by atoms with Gasteiger partial charge in [0, 0.05) is 25.7 Å². The van der Waals surface area contributed by atoms with Crippen molar-refractivity contribution in [2.45, 2.75) is 123 Å². The maximum atomic E-state index is 11.7. The van der Waals surface area contributed by atoms with E-state index in [0.29, 0.717) is 38.5 Å². The highest BCUT2D eigenvalue weighted by Gasteiger charge is 2.19. The zero-order chi connectivity index (χ0) is 24.9. The highest BCUT2D eigenvalue weighted by Crippen LogP contribution is 2.10. The van der Waals surface area contributed by atoms with E-state index >= 15 is 0 Å².